The number of carbonyl (C=O) groups is 1. The molecule has 0 spiro atoms. The van der Waals surface area contributed by atoms with Gasteiger partial charge in [-0.3, -0.25) is 0 Å². The van der Waals surface area contributed by atoms with Gasteiger partial charge in [0.1, 0.15) is 6.61 Å². The zero-order chi connectivity index (χ0) is 18.4. The largest absolute Gasteiger partial charge is 0.494 e. The van der Waals surface area contributed by atoms with E-state index in [0.717, 1.165) is 0 Å². The first kappa shape index (κ1) is 19.1. The van der Waals surface area contributed by atoms with Gasteiger partial charge in [-0.25, -0.2) is 9.18 Å². The van der Waals surface area contributed by atoms with Crippen LogP contribution in [0.4, 0.5) is 4.39 Å². The smallest absolute Gasteiger partial charge is 0.338 e. The van der Waals surface area contributed by atoms with Crippen molar-refractivity contribution in [1.82, 2.24) is 0 Å². The van der Waals surface area contributed by atoms with Crippen molar-refractivity contribution in [2.24, 2.45) is 0 Å². The second-order valence-electron chi connectivity index (χ2n) is 4.97. The number of carbonyl (C=O) groups excluding carboxylic acids is 1. The van der Waals surface area contributed by atoms with Crippen LogP contribution in [0.15, 0.2) is 34.8 Å². The van der Waals surface area contributed by atoms with Gasteiger partial charge in [0.05, 0.1) is 30.9 Å². The zero-order valence-electron chi connectivity index (χ0n) is 14.1. The van der Waals surface area contributed by atoms with Gasteiger partial charge in [0.25, 0.3) is 0 Å². The molecule has 0 unspecified atom stereocenters. The van der Waals surface area contributed by atoms with Gasteiger partial charge in [-0.1, -0.05) is 6.07 Å². The molecule has 0 atom stereocenters. The highest BCUT2D eigenvalue weighted by Crippen LogP contribution is 2.36. The molecule has 2 rings (SSSR count). The summed E-state index contributed by atoms with van der Waals surface area (Å²) in [6.07, 6.45) is 0. The molecule has 2 aromatic carbocycles. The van der Waals surface area contributed by atoms with Gasteiger partial charge in [0, 0.05) is 0 Å². The molecule has 0 radical (unpaired) electrons. The third kappa shape index (κ3) is 4.63. The van der Waals surface area contributed by atoms with Crippen molar-refractivity contribution in [3.63, 3.8) is 0 Å². The van der Waals surface area contributed by atoms with Gasteiger partial charge in [0.15, 0.2) is 23.1 Å². The first-order valence-electron chi connectivity index (χ1n) is 7.50. The Morgan fingerprint density at radius 3 is 2.48 bits per heavy atom. The fourth-order valence-corrected chi connectivity index (χ4v) is 2.78. The van der Waals surface area contributed by atoms with Crippen molar-refractivity contribution in [1.29, 1.82) is 0 Å². The van der Waals surface area contributed by atoms with E-state index in [1.807, 2.05) is 6.92 Å². The molecule has 5 nitrogen and oxygen atoms in total. The van der Waals surface area contributed by atoms with Crippen LogP contribution >= 0.6 is 15.9 Å². The first-order valence-corrected chi connectivity index (χ1v) is 8.29. The second-order valence-corrected chi connectivity index (χ2v) is 5.82. The zero-order valence-corrected chi connectivity index (χ0v) is 15.7. The Bertz CT molecular complexity index is 763. The second kappa shape index (κ2) is 8.71. The van der Waals surface area contributed by atoms with E-state index in [-0.39, 0.29) is 12.4 Å². The minimum atomic E-state index is -0.555. The van der Waals surface area contributed by atoms with E-state index in [0.29, 0.717) is 33.7 Å². The Labute approximate surface area is 153 Å². The van der Waals surface area contributed by atoms with Crippen molar-refractivity contribution in [2.45, 2.75) is 13.5 Å². The summed E-state index contributed by atoms with van der Waals surface area (Å²) in [5.74, 6) is -0.00429. The number of ether oxygens (including phenoxy) is 4. The van der Waals surface area contributed by atoms with Crippen LogP contribution in [0.25, 0.3) is 0 Å². The number of rotatable bonds is 7. The standard InChI is InChI=1S/C18H18BrFO5/c1-4-24-16-9-12(8-13(19)17(16)23-3)18(21)25-10-11-5-6-15(22-2)14(20)7-11/h5-9H,4,10H2,1-3H3. The maximum absolute atomic E-state index is 13.7. The molecule has 0 saturated heterocycles. The molecule has 0 aliphatic carbocycles. The summed E-state index contributed by atoms with van der Waals surface area (Å²) in [5.41, 5.74) is 0.814. The summed E-state index contributed by atoms with van der Waals surface area (Å²) in [7, 11) is 2.90. The average Bonchev–Trinajstić information content (AvgIpc) is 2.59. The van der Waals surface area contributed by atoms with Gasteiger partial charge in [-0.05, 0) is 52.7 Å². The fourth-order valence-electron chi connectivity index (χ4n) is 2.18. The molecule has 0 aromatic heterocycles. The molecule has 134 valence electrons. The molecule has 7 heteroatoms. The van der Waals surface area contributed by atoms with Gasteiger partial charge in [0.2, 0.25) is 0 Å². The van der Waals surface area contributed by atoms with Crippen molar-refractivity contribution in [3.05, 3.63) is 51.7 Å². The van der Waals surface area contributed by atoms with Crippen molar-refractivity contribution in [2.75, 3.05) is 20.8 Å². The monoisotopic (exact) mass is 412 g/mol. The molecule has 0 amide bonds. The molecular formula is C18H18BrFO5. The van der Waals surface area contributed by atoms with E-state index < -0.39 is 11.8 Å². The van der Waals surface area contributed by atoms with Crippen molar-refractivity contribution in [3.8, 4) is 17.2 Å². The number of hydrogen-bond acceptors (Lipinski definition) is 5. The molecule has 25 heavy (non-hydrogen) atoms. The fraction of sp³-hybridized carbons (Fsp3) is 0.278. The van der Waals surface area contributed by atoms with Crippen LogP contribution in [-0.2, 0) is 11.3 Å². The number of esters is 1. The highest BCUT2D eigenvalue weighted by atomic mass is 79.9. The van der Waals surface area contributed by atoms with Crippen LogP contribution in [0, 0.1) is 5.82 Å². The number of halogens is 2. The SMILES string of the molecule is CCOc1cc(C(=O)OCc2ccc(OC)c(F)c2)cc(Br)c1OC. The van der Waals surface area contributed by atoms with Crippen LogP contribution in [0.1, 0.15) is 22.8 Å². The van der Waals surface area contributed by atoms with E-state index in [1.165, 1.54) is 26.4 Å². The summed E-state index contributed by atoms with van der Waals surface area (Å²) in [5, 5.41) is 0. The molecular weight excluding hydrogens is 395 g/mol. The number of hydrogen-bond donors (Lipinski definition) is 0. The molecule has 0 N–H and O–H groups in total. The molecule has 0 bridgehead atoms. The quantitative estimate of drug-likeness (QED) is 0.632. The minimum absolute atomic E-state index is 0.0621. The van der Waals surface area contributed by atoms with E-state index in [9.17, 15) is 9.18 Å². The average molecular weight is 413 g/mol. The maximum atomic E-state index is 13.7. The summed E-state index contributed by atoms with van der Waals surface area (Å²) in [6.45, 7) is 2.19. The Balaban J connectivity index is 2.14. The summed E-state index contributed by atoms with van der Waals surface area (Å²) in [4.78, 5) is 12.3. The number of methoxy groups -OCH3 is 2. The van der Waals surface area contributed by atoms with E-state index in [2.05, 4.69) is 15.9 Å². The predicted octanol–water partition coefficient (Wildman–Crippen LogP) is 4.36. The van der Waals surface area contributed by atoms with E-state index in [4.69, 9.17) is 18.9 Å². The predicted molar refractivity (Wildman–Crippen MR) is 93.9 cm³/mol. The summed E-state index contributed by atoms with van der Waals surface area (Å²) in [6, 6.07) is 7.50. The Kier molecular flexibility index (Phi) is 6.64. The lowest BCUT2D eigenvalue weighted by Gasteiger charge is -2.13. The lowest BCUT2D eigenvalue weighted by Crippen LogP contribution is -2.07. The van der Waals surface area contributed by atoms with Gasteiger partial charge < -0.3 is 18.9 Å². The van der Waals surface area contributed by atoms with Gasteiger partial charge in [-0.15, -0.1) is 0 Å². The summed E-state index contributed by atoms with van der Waals surface area (Å²) >= 11 is 3.34. The molecule has 0 saturated carbocycles. The summed E-state index contributed by atoms with van der Waals surface area (Å²) < 4.78 is 35.1. The normalized spacial score (nSPS) is 10.3. The van der Waals surface area contributed by atoms with Crippen LogP contribution in [-0.4, -0.2) is 26.8 Å². The molecule has 0 aliphatic rings. The maximum Gasteiger partial charge on any atom is 0.338 e. The van der Waals surface area contributed by atoms with Gasteiger partial charge >= 0.3 is 5.97 Å². The molecule has 0 aliphatic heterocycles. The van der Waals surface area contributed by atoms with Crippen LogP contribution in [0.3, 0.4) is 0 Å². The Hall–Kier alpha value is -2.28. The third-order valence-electron chi connectivity index (χ3n) is 3.34. The van der Waals surface area contributed by atoms with Crippen LogP contribution in [0.5, 0.6) is 17.2 Å². The first-order chi connectivity index (χ1) is 12.0. The minimum Gasteiger partial charge on any atom is -0.494 e. The highest BCUT2D eigenvalue weighted by molar-refractivity contribution is 9.10. The van der Waals surface area contributed by atoms with Crippen molar-refractivity contribution < 1.29 is 28.1 Å². The van der Waals surface area contributed by atoms with Crippen LogP contribution < -0.4 is 14.2 Å². The topological polar surface area (TPSA) is 54.0 Å². The third-order valence-corrected chi connectivity index (χ3v) is 3.92. The highest BCUT2D eigenvalue weighted by Gasteiger charge is 2.16. The number of benzene rings is 2. The molecule has 0 fully saturated rings. The van der Waals surface area contributed by atoms with E-state index in [1.54, 1.807) is 18.2 Å². The lowest BCUT2D eigenvalue weighted by molar-refractivity contribution is 0.0471. The molecule has 2 aromatic rings. The van der Waals surface area contributed by atoms with E-state index >= 15 is 0 Å². The Morgan fingerprint density at radius 2 is 1.88 bits per heavy atom. The Morgan fingerprint density at radius 1 is 1.12 bits per heavy atom. The van der Waals surface area contributed by atoms with Crippen LogP contribution in [0.2, 0.25) is 0 Å². The van der Waals surface area contributed by atoms with Crippen molar-refractivity contribution >= 4 is 21.9 Å². The lowest BCUT2D eigenvalue weighted by atomic mass is 10.2. The van der Waals surface area contributed by atoms with Gasteiger partial charge in [-0.2, -0.15) is 0 Å². The molecule has 0 heterocycles.